The average Bonchev–Trinajstić information content (AvgIpc) is 3.08. The van der Waals surface area contributed by atoms with Crippen LogP contribution in [-0.2, 0) is 12.1 Å². The van der Waals surface area contributed by atoms with Crippen LogP contribution in [0, 0.1) is 5.82 Å². The van der Waals surface area contributed by atoms with Crippen LogP contribution in [0.4, 0.5) is 4.39 Å². The van der Waals surface area contributed by atoms with Gasteiger partial charge in [0.25, 0.3) is 0 Å². The Hall–Kier alpha value is -2.50. The summed E-state index contributed by atoms with van der Waals surface area (Å²) in [4.78, 5) is 3.88. The minimum Gasteiger partial charge on any atom is -0.378 e. The first-order chi connectivity index (χ1) is 11.5. The van der Waals surface area contributed by atoms with E-state index in [0.29, 0.717) is 10.6 Å². The van der Waals surface area contributed by atoms with Gasteiger partial charge in [-0.1, -0.05) is 48.5 Å². The molecule has 24 heavy (non-hydrogen) atoms. The van der Waals surface area contributed by atoms with E-state index in [0.717, 1.165) is 0 Å². The molecular formula is C18H15ClFN3O. The van der Waals surface area contributed by atoms with Crippen LogP contribution >= 0.6 is 11.6 Å². The van der Waals surface area contributed by atoms with E-state index in [1.807, 2.05) is 0 Å². The van der Waals surface area contributed by atoms with E-state index in [9.17, 15) is 9.50 Å². The van der Waals surface area contributed by atoms with Gasteiger partial charge in [-0.05, 0) is 29.3 Å². The molecule has 2 aromatic carbocycles. The Labute approximate surface area is 143 Å². The fourth-order valence-electron chi connectivity index (χ4n) is 2.56. The van der Waals surface area contributed by atoms with Crippen molar-refractivity contribution < 1.29 is 9.50 Å². The van der Waals surface area contributed by atoms with Crippen LogP contribution in [-0.4, -0.2) is 19.9 Å². The third kappa shape index (κ3) is 3.09. The maximum Gasteiger partial charge on any atom is 0.137 e. The molecule has 1 heterocycles. The number of halogens is 2. The van der Waals surface area contributed by atoms with Crippen LogP contribution in [0.2, 0.25) is 5.02 Å². The number of aromatic nitrogens is 3. The van der Waals surface area contributed by atoms with Crippen molar-refractivity contribution in [1.29, 1.82) is 0 Å². The Bertz CT molecular complexity index is 849. The van der Waals surface area contributed by atoms with E-state index >= 15 is 0 Å². The molecule has 0 spiro atoms. The van der Waals surface area contributed by atoms with Crippen molar-refractivity contribution in [2.24, 2.45) is 0 Å². The Kier molecular flexibility index (Phi) is 4.46. The van der Waals surface area contributed by atoms with Crippen molar-refractivity contribution >= 4 is 17.2 Å². The molecule has 1 aromatic heterocycles. The van der Waals surface area contributed by atoms with Crippen LogP contribution in [0.5, 0.6) is 0 Å². The molecule has 0 amide bonds. The monoisotopic (exact) mass is 343 g/mol. The van der Waals surface area contributed by atoms with Gasteiger partial charge in [0.05, 0.1) is 6.54 Å². The molecule has 3 aromatic rings. The van der Waals surface area contributed by atoms with Gasteiger partial charge < -0.3 is 5.11 Å². The van der Waals surface area contributed by atoms with Gasteiger partial charge in [-0.15, -0.1) is 0 Å². The molecule has 0 aliphatic rings. The maximum absolute atomic E-state index is 14.2. The zero-order valence-corrected chi connectivity index (χ0v) is 13.5. The number of hydrogen-bond acceptors (Lipinski definition) is 3. The van der Waals surface area contributed by atoms with Gasteiger partial charge in [0, 0.05) is 10.6 Å². The van der Waals surface area contributed by atoms with Gasteiger partial charge >= 0.3 is 0 Å². The van der Waals surface area contributed by atoms with Crippen LogP contribution in [0.15, 0.2) is 67.8 Å². The zero-order chi connectivity index (χ0) is 17.2. The molecule has 0 aliphatic heterocycles. The molecule has 4 nitrogen and oxygen atoms in total. The summed E-state index contributed by atoms with van der Waals surface area (Å²) in [6.07, 6.45) is 2.85. The SMILES string of the molecule is C=C(c1ccccc1F)C(O)(Cn1cncn1)c1ccc(Cl)cc1. The van der Waals surface area contributed by atoms with Gasteiger partial charge in [0.1, 0.15) is 24.1 Å². The van der Waals surface area contributed by atoms with Crippen molar-refractivity contribution in [3.05, 3.63) is 89.7 Å². The maximum atomic E-state index is 14.2. The van der Waals surface area contributed by atoms with Crippen LogP contribution in [0.1, 0.15) is 11.1 Å². The molecule has 0 fully saturated rings. The van der Waals surface area contributed by atoms with E-state index in [-0.39, 0.29) is 17.7 Å². The number of hydrogen-bond donors (Lipinski definition) is 1. The molecule has 0 aliphatic carbocycles. The Balaban J connectivity index is 2.09. The molecule has 1 atom stereocenters. The van der Waals surface area contributed by atoms with Crippen molar-refractivity contribution in [3.63, 3.8) is 0 Å². The topological polar surface area (TPSA) is 50.9 Å². The number of aliphatic hydroxyl groups is 1. The molecular weight excluding hydrogens is 329 g/mol. The molecule has 0 saturated carbocycles. The van der Waals surface area contributed by atoms with Crippen LogP contribution < -0.4 is 0 Å². The van der Waals surface area contributed by atoms with Gasteiger partial charge in [-0.2, -0.15) is 5.10 Å². The summed E-state index contributed by atoms with van der Waals surface area (Å²) < 4.78 is 15.7. The highest BCUT2D eigenvalue weighted by Crippen LogP contribution is 2.37. The summed E-state index contributed by atoms with van der Waals surface area (Å²) >= 11 is 5.93. The third-order valence-electron chi connectivity index (χ3n) is 3.88. The van der Waals surface area contributed by atoms with Crippen molar-refractivity contribution in [1.82, 2.24) is 14.8 Å². The number of benzene rings is 2. The standard InChI is InChI=1S/C18H15ClFN3O/c1-13(16-4-2-3-5-17(16)20)18(24,10-23-12-21-11-22-23)14-6-8-15(19)9-7-14/h2-9,11-12,24H,1,10H2. The van der Waals surface area contributed by atoms with Gasteiger partial charge in [-0.3, -0.25) is 0 Å². The van der Waals surface area contributed by atoms with E-state index in [1.165, 1.54) is 23.4 Å². The molecule has 0 bridgehead atoms. The minimum atomic E-state index is -1.57. The molecule has 1 unspecified atom stereocenters. The molecule has 0 saturated heterocycles. The summed E-state index contributed by atoms with van der Waals surface area (Å²) in [7, 11) is 0. The van der Waals surface area contributed by atoms with E-state index in [1.54, 1.807) is 42.5 Å². The fourth-order valence-corrected chi connectivity index (χ4v) is 2.69. The fraction of sp³-hybridized carbons (Fsp3) is 0.111. The second kappa shape index (κ2) is 6.55. The summed E-state index contributed by atoms with van der Waals surface area (Å²) in [6.45, 7) is 4.00. The molecule has 0 radical (unpaired) electrons. The van der Waals surface area contributed by atoms with Crippen LogP contribution in [0.3, 0.4) is 0 Å². The first kappa shape index (κ1) is 16.4. The molecule has 122 valence electrons. The lowest BCUT2D eigenvalue weighted by atomic mass is 9.83. The van der Waals surface area contributed by atoms with E-state index in [2.05, 4.69) is 16.7 Å². The average molecular weight is 344 g/mol. The number of nitrogens with zero attached hydrogens (tertiary/aromatic N) is 3. The lowest BCUT2D eigenvalue weighted by Crippen LogP contribution is -2.33. The predicted octanol–water partition coefficient (Wildman–Crippen LogP) is 3.67. The lowest BCUT2D eigenvalue weighted by Gasteiger charge is -2.31. The molecule has 6 heteroatoms. The zero-order valence-electron chi connectivity index (χ0n) is 12.7. The number of rotatable bonds is 5. The van der Waals surface area contributed by atoms with Gasteiger partial charge in [-0.25, -0.2) is 14.1 Å². The Morgan fingerprint density at radius 2 is 1.92 bits per heavy atom. The smallest absolute Gasteiger partial charge is 0.137 e. The predicted molar refractivity (Wildman–Crippen MR) is 90.8 cm³/mol. The van der Waals surface area contributed by atoms with Gasteiger partial charge in [0.15, 0.2) is 0 Å². The van der Waals surface area contributed by atoms with Crippen molar-refractivity contribution in [2.45, 2.75) is 12.1 Å². The highest BCUT2D eigenvalue weighted by atomic mass is 35.5. The van der Waals surface area contributed by atoms with Gasteiger partial charge in [0.2, 0.25) is 0 Å². The lowest BCUT2D eigenvalue weighted by molar-refractivity contribution is 0.0763. The molecule has 1 N–H and O–H groups in total. The summed E-state index contributed by atoms with van der Waals surface area (Å²) in [6, 6.07) is 12.9. The third-order valence-corrected chi connectivity index (χ3v) is 4.13. The van der Waals surface area contributed by atoms with Crippen molar-refractivity contribution in [2.75, 3.05) is 0 Å². The first-order valence-corrected chi connectivity index (χ1v) is 7.63. The second-order valence-corrected chi connectivity index (χ2v) is 5.86. The Morgan fingerprint density at radius 3 is 2.54 bits per heavy atom. The first-order valence-electron chi connectivity index (χ1n) is 7.26. The van der Waals surface area contributed by atoms with E-state index in [4.69, 9.17) is 11.6 Å². The van der Waals surface area contributed by atoms with Crippen molar-refractivity contribution in [3.8, 4) is 0 Å². The highest BCUT2D eigenvalue weighted by molar-refractivity contribution is 6.30. The molecule has 3 rings (SSSR count). The largest absolute Gasteiger partial charge is 0.378 e. The normalized spacial score (nSPS) is 13.5. The quantitative estimate of drug-likeness (QED) is 0.769. The Morgan fingerprint density at radius 1 is 1.21 bits per heavy atom. The summed E-state index contributed by atoms with van der Waals surface area (Å²) in [5.41, 5.74) is -0.551. The minimum absolute atomic E-state index is 0.0435. The summed E-state index contributed by atoms with van der Waals surface area (Å²) in [5.74, 6) is -0.450. The highest BCUT2D eigenvalue weighted by Gasteiger charge is 2.35. The van der Waals surface area contributed by atoms with Crippen LogP contribution in [0.25, 0.3) is 5.57 Å². The van der Waals surface area contributed by atoms with E-state index < -0.39 is 11.4 Å². The summed E-state index contributed by atoms with van der Waals surface area (Å²) in [5, 5.41) is 16.0. The second-order valence-electron chi connectivity index (χ2n) is 5.42.